The average Bonchev–Trinajstić information content (AvgIpc) is 2.86. The van der Waals surface area contributed by atoms with Crippen LogP contribution in [0.5, 0.6) is 17.2 Å². The Morgan fingerprint density at radius 1 is 0.730 bits per heavy atom. The van der Waals surface area contributed by atoms with Gasteiger partial charge in [0.15, 0.2) is 6.29 Å². The van der Waals surface area contributed by atoms with Crippen molar-refractivity contribution < 1.29 is 18.7 Å². The van der Waals surface area contributed by atoms with E-state index in [1.54, 1.807) is 0 Å². The number of carbonyl (C=O) groups excluding carboxylic acids is 1. The number of unbranched alkanes of at least 4 members (excludes halogenated alkanes) is 2. The quantitative estimate of drug-likeness (QED) is 0.123. The number of aldehydes is 1. The molecule has 4 nitrogen and oxygen atoms in total. The first-order chi connectivity index (χ1) is 17.6. The molecule has 0 amide bonds. The molecule has 2 unspecified atom stereocenters. The predicted molar refractivity (Wildman–Crippen MR) is 161 cm³/mol. The Labute approximate surface area is 230 Å². The van der Waals surface area contributed by atoms with Gasteiger partial charge < -0.3 is 13.9 Å². The fourth-order valence-corrected chi connectivity index (χ4v) is 11.0. The number of hydrogen-bond acceptors (Lipinski definition) is 4. The fraction of sp³-hybridized carbons (Fsp3) is 0.781. The Morgan fingerprint density at radius 2 is 1.14 bits per heavy atom. The van der Waals surface area contributed by atoms with Crippen molar-refractivity contribution >= 4 is 14.6 Å². The average molecular weight is 535 g/mol. The molecule has 0 radical (unpaired) electrons. The maximum Gasteiger partial charge on any atom is 0.258 e. The molecule has 1 aromatic rings. The zero-order valence-electron chi connectivity index (χ0n) is 25.8. The molecular weight excluding hydrogens is 476 g/mol. The summed E-state index contributed by atoms with van der Waals surface area (Å²) >= 11 is 0. The number of hydrogen-bond donors (Lipinski definition) is 0. The molecule has 0 aromatic heterocycles. The standard InChI is InChI=1S/C32H58O4Si/c1-11-15-17-27(13-3)22-34-31-19-29(36-37(24(5)6,25(7)8)26(9)10)20-32(30(31)21-33)35-23-28(14-4)18-16-12-2/h19-21,24-28H,11-18,22-23H2,1-10H3. The Kier molecular flexibility index (Phi) is 15.6. The third-order valence-electron chi connectivity index (χ3n) is 8.23. The lowest BCUT2D eigenvalue weighted by Gasteiger charge is -2.42. The van der Waals surface area contributed by atoms with E-state index < -0.39 is 8.32 Å². The molecule has 37 heavy (non-hydrogen) atoms. The smallest absolute Gasteiger partial charge is 0.258 e. The van der Waals surface area contributed by atoms with Crippen LogP contribution < -0.4 is 13.9 Å². The van der Waals surface area contributed by atoms with Crippen molar-refractivity contribution in [2.24, 2.45) is 11.8 Å². The first-order valence-corrected chi connectivity index (χ1v) is 17.3. The van der Waals surface area contributed by atoms with Crippen LogP contribution >= 0.6 is 0 Å². The lowest BCUT2D eigenvalue weighted by molar-refractivity contribution is 0.111. The third-order valence-corrected chi connectivity index (χ3v) is 14.2. The molecule has 0 aliphatic carbocycles. The van der Waals surface area contributed by atoms with Crippen LogP contribution in [0, 0.1) is 11.8 Å². The monoisotopic (exact) mass is 534 g/mol. The van der Waals surface area contributed by atoms with Gasteiger partial charge in [-0.3, -0.25) is 4.79 Å². The summed E-state index contributed by atoms with van der Waals surface area (Å²) in [5.41, 5.74) is 1.85. The molecule has 0 heterocycles. The van der Waals surface area contributed by atoms with E-state index in [1.165, 1.54) is 25.7 Å². The maximum atomic E-state index is 12.3. The molecule has 214 valence electrons. The highest BCUT2D eigenvalue weighted by Gasteiger charge is 2.47. The third kappa shape index (κ3) is 9.64. The topological polar surface area (TPSA) is 44.8 Å². The molecule has 0 N–H and O–H groups in total. The minimum absolute atomic E-state index is 0.448. The van der Waals surface area contributed by atoms with E-state index in [9.17, 15) is 4.79 Å². The zero-order valence-corrected chi connectivity index (χ0v) is 26.8. The van der Waals surface area contributed by atoms with Gasteiger partial charge in [0.05, 0.1) is 18.8 Å². The molecule has 2 atom stereocenters. The van der Waals surface area contributed by atoms with E-state index in [2.05, 4.69) is 69.2 Å². The maximum absolute atomic E-state index is 12.3. The molecule has 0 saturated carbocycles. The molecule has 0 saturated heterocycles. The first-order valence-electron chi connectivity index (χ1n) is 15.2. The van der Waals surface area contributed by atoms with Gasteiger partial charge in [-0.05, 0) is 41.3 Å². The molecule has 0 spiro atoms. The van der Waals surface area contributed by atoms with Crippen LogP contribution in [-0.2, 0) is 0 Å². The SMILES string of the molecule is CCCCC(CC)COc1cc(O[Si](C(C)C)(C(C)C)C(C)C)cc(OCC(CC)CCCC)c1C=O. The summed E-state index contributed by atoms with van der Waals surface area (Å²) in [5, 5.41) is 0. The van der Waals surface area contributed by atoms with Crippen LogP contribution in [0.1, 0.15) is 131 Å². The van der Waals surface area contributed by atoms with Crippen LogP contribution in [0.25, 0.3) is 0 Å². The van der Waals surface area contributed by atoms with Crippen LogP contribution in [0.3, 0.4) is 0 Å². The number of ether oxygens (including phenoxy) is 2. The Balaban J connectivity index is 3.45. The lowest BCUT2D eigenvalue weighted by Crippen LogP contribution is -2.50. The van der Waals surface area contributed by atoms with Gasteiger partial charge in [0.2, 0.25) is 0 Å². The van der Waals surface area contributed by atoms with Crippen LogP contribution in [0.4, 0.5) is 0 Å². The minimum atomic E-state index is -2.18. The molecule has 0 aliphatic rings. The van der Waals surface area contributed by atoms with Crippen LogP contribution in [0.2, 0.25) is 16.6 Å². The molecule has 1 aromatic carbocycles. The number of benzene rings is 1. The summed E-state index contributed by atoms with van der Waals surface area (Å²) in [5.74, 6) is 2.92. The van der Waals surface area contributed by atoms with Crippen molar-refractivity contribution in [2.45, 2.75) is 137 Å². The van der Waals surface area contributed by atoms with E-state index >= 15 is 0 Å². The van der Waals surface area contributed by atoms with Gasteiger partial charge in [0, 0.05) is 12.1 Å². The van der Waals surface area contributed by atoms with Crippen LogP contribution in [-0.4, -0.2) is 27.8 Å². The summed E-state index contributed by atoms with van der Waals surface area (Å²) in [6, 6.07) is 3.90. The summed E-state index contributed by atoms with van der Waals surface area (Å²) < 4.78 is 19.8. The van der Waals surface area contributed by atoms with E-state index in [-0.39, 0.29) is 0 Å². The summed E-state index contributed by atoms with van der Waals surface area (Å²) in [6.07, 6.45) is 10.1. The molecule has 0 aliphatic heterocycles. The van der Waals surface area contributed by atoms with E-state index in [1.807, 2.05) is 12.1 Å². The van der Waals surface area contributed by atoms with Gasteiger partial charge in [0.25, 0.3) is 8.32 Å². The van der Waals surface area contributed by atoms with Gasteiger partial charge in [-0.2, -0.15) is 0 Å². The minimum Gasteiger partial charge on any atom is -0.543 e. The van der Waals surface area contributed by atoms with Crippen molar-refractivity contribution in [3.8, 4) is 17.2 Å². The summed E-state index contributed by atoms with van der Waals surface area (Å²) in [6.45, 7) is 23.8. The Morgan fingerprint density at radius 3 is 1.43 bits per heavy atom. The van der Waals surface area contributed by atoms with Crippen LogP contribution in [0.15, 0.2) is 12.1 Å². The van der Waals surface area contributed by atoms with Gasteiger partial charge in [0.1, 0.15) is 17.2 Å². The summed E-state index contributed by atoms with van der Waals surface area (Å²) in [7, 11) is -2.18. The predicted octanol–water partition coefficient (Wildman–Crippen LogP) is 10.2. The molecular formula is C32H58O4Si. The second-order valence-electron chi connectivity index (χ2n) is 11.8. The highest BCUT2D eigenvalue weighted by molar-refractivity contribution is 6.78. The van der Waals surface area contributed by atoms with Crippen molar-refractivity contribution in [1.82, 2.24) is 0 Å². The Bertz CT molecular complexity index is 711. The van der Waals surface area contributed by atoms with Crippen molar-refractivity contribution in [2.75, 3.05) is 13.2 Å². The van der Waals surface area contributed by atoms with Gasteiger partial charge in [-0.15, -0.1) is 0 Å². The highest BCUT2D eigenvalue weighted by atomic mass is 28.4. The molecule has 0 fully saturated rings. The summed E-state index contributed by atoms with van der Waals surface area (Å²) in [4.78, 5) is 12.3. The zero-order chi connectivity index (χ0) is 28.0. The van der Waals surface area contributed by atoms with Crippen molar-refractivity contribution in [3.63, 3.8) is 0 Å². The number of rotatable bonds is 20. The normalized spacial score (nSPS) is 13.8. The van der Waals surface area contributed by atoms with Gasteiger partial charge >= 0.3 is 0 Å². The second-order valence-corrected chi connectivity index (χ2v) is 17.2. The fourth-order valence-electron chi connectivity index (χ4n) is 5.76. The highest BCUT2D eigenvalue weighted by Crippen LogP contribution is 2.44. The molecule has 1 rings (SSSR count). The molecule has 0 bridgehead atoms. The lowest BCUT2D eigenvalue weighted by atomic mass is 10.0. The van der Waals surface area contributed by atoms with E-state index in [0.717, 1.165) is 37.7 Å². The van der Waals surface area contributed by atoms with Gasteiger partial charge in [-0.1, -0.05) is 108 Å². The van der Waals surface area contributed by atoms with Gasteiger partial charge in [-0.25, -0.2) is 0 Å². The van der Waals surface area contributed by atoms with E-state index in [4.69, 9.17) is 13.9 Å². The van der Waals surface area contributed by atoms with E-state index in [0.29, 0.717) is 58.7 Å². The molecule has 5 heteroatoms. The van der Waals surface area contributed by atoms with Crippen molar-refractivity contribution in [1.29, 1.82) is 0 Å². The number of carbonyl (C=O) groups is 1. The Hall–Kier alpha value is -1.49. The largest absolute Gasteiger partial charge is 0.543 e. The second kappa shape index (κ2) is 17.2. The first kappa shape index (κ1) is 33.5. The van der Waals surface area contributed by atoms with Crippen molar-refractivity contribution in [3.05, 3.63) is 17.7 Å².